The number of piperazine rings is 1. The molecule has 0 radical (unpaired) electrons. The smallest absolute Gasteiger partial charge is 0.234 e. The molecule has 19 heavy (non-hydrogen) atoms. The van der Waals surface area contributed by atoms with Crippen molar-refractivity contribution < 1.29 is 4.79 Å². The van der Waals surface area contributed by atoms with E-state index in [4.69, 9.17) is 0 Å². The number of amides is 1. The fourth-order valence-corrected chi connectivity index (χ4v) is 2.97. The van der Waals surface area contributed by atoms with Gasteiger partial charge in [0.2, 0.25) is 5.91 Å². The van der Waals surface area contributed by atoms with Gasteiger partial charge in [0.1, 0.15) is 0 Å². The third-order valence-electron chi connectivity index (χ3n) is 3.40. The summed E-state index contributed by atoms with van der Waals surface area (Å²) < 4.78 is 0. The van der Waals surface area contributed by atoms with E-state index in [1.807, 2.05) is 0 Å². The maximum Gasteiger partial charge on any atom is 0.234 e. The molecule has 1 aliphatic rings. The number of carbonyl (C=O) groups is 1. The van der Waals surface area contributed by atoms with Crippen molar-refractivity contribution in [2.24, 2.45) is 0 Å². The van der Waals surface area contributed by atoms with E-state index in [2.05, 4.69) is 40.8 Å². The third kappa shape index (κ3) is 4.76. The molecule has 1 saturated heterocycles. The van der Waals surface area contributed by atoms with Gasteiger partial charge in [0.15, 0.2) is 0 Å². The minimum atomic E-state index is 0. The Bertz CT molecular complexity index is 410. The summed E-state index contributed by atoms with van der Waals surface area (Å²) in [5, 5.41) is 8.40. The van der Waals surface area contributed by atoms with E-state index in [0.717, 1.165) is 19.6 Å². The average Bonchev–Trinajstić information content (AvgIpc) is 2.75. The van der Waals surface area contributed by atoms with Crippen LogP contribution in [0.3, 0.4) is 0 Å². The minimum absolute atomic E-state index is 0. The molecule has 1 aromatic heterocycles. The highest BCUT2D eigenvalue weighted by Gasteiger charge is 2.19. The first-order valence-electron chi connectivity index (χ1n) is 6.41. The van der Waals surface area contributed by atoms with Crippen molar-refractivity contribution in [1.82, 2.24) is 15.5 Å². The van der Waals surface area contributed by atoms with E-state index >= 15 is 0 Å². The molecule has 1 atom stereocenters. The predicted molar refractivity (Wildman–Crippen MR) is 82.1 cm³/mol. The zero-order valence-corrected chi connectivity index (χ0v) is 13.1. The van der Waals surface area contributed by atoms with Crippen LogP contribution in [0, 0.1) is 6.92 Å². The molecule has 2 rings (SSSR count). The van der Waals surface area contributed by atoms with Gasteiger partial charge in [-0.2, -0.15) is 0 Å². The summed E-state index contributed by atoms with van der Waals surface area (Å²) >= 11 is 1.70. The summed E-state index contributed by atoms with van der Waals surface area (Å²) in [5.41, 5.74) is 1.26. The Labute approximate surface area is 125 Å². The first-order chi connectivity index (χ1) is 8.66. The number of nitrogens with one attached hydrogen (secondary N) is 2. The number of thiophene rings is 1. The molecule has 4 nitrogen and oxygen atoms in total. The molecule has 0 saturated carbocycles. The van der Waals surface area contributed by atoms with Crippen LogP contribution in [0.1, 0.15) is 17.4 Å². The Morgan fingerprint density at radius 1 is 1.63 bits per heavy atom. The van der Waals surface area contributed by atoms with Crippen LogP contribution in [0.15, 0.2) is 11.4 Å². The minimum Gasteiger partial charge on any atom is -0.350 e. The first-order valence-corrected chi connectivity index (χ1v) is 7.29. The Morgan fingerprint density at radius 2 is 2.42 bits per heavy atom. The molecule has 1 aliphatic heterocycles. The monoisotopic (exact) mass is 303 g/mol. The molecule has 1 aromatic rings. The fraction of sp³-hybridized carbons (Fsp3) is 0.615. The zero-order chi connectivity index (χ0) is 13.0. The van der Waals surface area contributed by atoms with Crippen molar-refractivity contribution >= 4 is 29.7 Å². The fourth-order valence-electron chi connectivity index (χ4n) is 2.12. The SMILES string of the molecule is Cc1ccsc1CNC(=O)CN1CCNC[C@H]1C.Cl. The van der Waals surface area contributed by atoms with Gasteiger partial charge in [-0.05, 0) is 30.9 Å². The molecule has 2 heterocycles. The van der Waals surface area contributed by atoms with Crippen molar-refractivity contribution in [3.8, 4) is 0 Å². The number of nitrogens with zero attached hydrogens (tertiary/aromatic N) is 1. The number of hydrogen-bond donors (Lipinski definition) is 2. The lowest BCUT2D eigenvalue weighted by molar-refractivity contribution is -0.123. The van der Waals surface area contributed by atoms with Gasteiger partial charge < -0.3 is 10.6 Å². The first kappa shape index (κ1) is 16.4. The quantitative estimate of drug-likeness (QED) is 0.883. The molecule has 1 fully saturated rings. The maximum atomic E-state index is 11.9. The van der Waals surface area contributed by atoms with Gasteiger partial charge in [-0.1, -0.05) is 0 Å². The highest BCUT2D eigenvalue weighted by Crippen LogP contribution is 2.14. The summed E-state index contributed by atoms with van der Waals surface area (Å²) in [6.45, 7) is 8.29. The normalized spacial score (nSPS) is 19.8. The Kier molecular flexibility index (Phi) is 6.79. The molecule has 0 aromatic carbocycles. The van der Waals surface area contributed by atoms with E-state index in [-0.39, 0.29) is 18.3 Å². The number of rotatable bonds is 4. The number of aryl methyl sites for hydroxylation is 1. The van der Waals surface area contributed by atoms with Crippen LogP contribution < -0.4 is 10.6 Å². The summed E-state index contributed by atoms with van der Waals surface area (Å²) in [6, 6.07) is 2.53. The average molecular weight is 304 g/mol. The molecule has 1 amide bonds. The second-order valence-corrected chi connectivity index (χ2v) is 5.83. The van der Waals surface area contributed by atoms with Crippen LogP contribution in [0.2, 0.25) is 0 Å². The molecular weight excluding hydrogens is 282 g/mol. The van der Waals surface area contributed by atoms with E-state index < -0.39 is 0 Å². The maximum absolute atomic E-state index is 11.9. The third-order valence-corrected chi connectivity index (χ3v) is 4.42. The van der Waals surface area contributed by atoms with Crippen LogP contribution in [-0.2, 0) is 11.3 Å². The standard InChI is InChI=1S/C13H21N3OS.ClH/c1-10-3-6-18-12(10)8-15-13(17)9-16-5-4-14-7-11(16)2;/h3,6,11,14H,4-5,7-9H2,1-2H3,(H,15,17);1H/t11-;/m1./s1. The zero-order valence-electron chi connectivity index (χ0n) is 11.4. The van der Waals surface area contributed by atoms with E-state index in [9.17, 15) is 4.79 Å². The largest absolute Gasteiger partial charge is 0.350 e. The second-order valence-electron chi connectivity index (χ2n) is 4.83. The van der Waals surface area contributed by atoms with Crippen LogP contribution in [0.25, 0.3) is 0 Å². The molecule has 2 N–H and O–H groups in total. The molecule has 0 bridgehead atoms. The molecular formula is C13H22ClN3OS. The van der Waals surface area contributed by atoms with Crippen molar-refractivity contribution in [2.75, 3.05) is 26.2 Å². The lowest BCUT2D eigenvalue weighted by atomic mass is 10.2. The Morgan fingerprint density at radius 3 is 3.05 bits per heavy atom. The van der Waals surface area contributed by atoms with Crippen LogP contribution >= 0.6 is 23.7 Å². The van der Waals surface area contributed by atoms with Gasteiger partial charge in [-0.15, -0.1) is 23.7 Å². The molecule has 0 aliphatic carbocycles. The van der Waals surface area contributed by atoms with Crippen LogP contribution in [0.4, 0.5) is 0 Å². The van der Waals surface area contributed by atoms with Crippen molar-refractivity contribution in [2.45, 2.75) is 26.4 Å². The Balaban J connectivity index is 0.00000180. The second kappa shape index (κ2) is 7.85. The molecule has 0 unspecified atom stereocenters. The van der Waals surface area contributed by atoms with E-state index in [1.165, 1.54) is 10.4 Å². The topological polar surface area (TPSA) is 44.4 Å². The van der Waals surface area contributed by atoms with E-state index in [0.29, 0.717) is 19.1 Å². The van der Waals surface area contributed by atoms with Crippen LogP contribution in [0.5, 0.6) is 0 Å². The van der Waals surface area contributed by atoms with Gasteiger partial charge in [-0.25, -0.2) is 0 Å². The van der Waals surface area contributed by atoms with E-state index in [1.54, 1.807) is 11.3 Å². The van der Waals surface area contributed by atoms with Crippen LogP contribution in [-0.4, -0.2) is 43.0 Å². The lowest BCUT2D eigenvalue weighted by Gasteiger charge is -2.33. The Hall–Kier alpha value is -0.620. The number of hydrogen-bond acceptors (Lipinski definition) is 4. The highest BCUT2D eigenvalue weighted by atomic mass is 35.5. The number of halogens is 1. The number of carbonyl (C=O) groups excluding carboxylic acids is 1. The van der Waals surface area contributed by atoms with Gasteiger partial charge in [0, 0.05) is 30.6 Å². The predicted octanol–water partition coefficient (Wildman–Crippen LogP) is 1.39. The molecule has 108 valence electrons. The van der Waals surface area contributed by atoms with Crippen molar-refractivity contribution in [3.63, 3.8) is 0 Å². The molecule has 6 heteroatoms. The lowest BCUT2D eigenvalue weighted by Crippen LogP contribution is -2.52. The summed E-state index contributed by atoms with van der Waals surface area (Å²) in [6.07, 6.45) is 0. The summed E-state index contributed by atoms with van der Waals surface area (Å²) in [7, 11) is 0. The van der Waals surface area contributed by atoms with Crippen molar-refractivity contribution in [1.29, 1.82) is 0 Å². The van der Waals surface area contributed by atoms with Crippen molar-refractivity contribution in [3.05, 3.63) is 21.9 Å². The summed E-state index contributed by atoms with van der Waals surface area (Å²) in [4.78, 5) is 15.4. The summed E-state index contributed by atoms with van der Waals surface area (Å²) in [5.74, 6) is 0.122. The molecule has 0 spiro atoms. The highest BCUT2D eigenvalue weighted by molar-refractivity contribution is 7.10. The van der Waals surface area contributed by atoms with Gasteiger partial charge in [0.25, 0.3) is 0 Å². The van der Waals surface area contributed by atoms with Gasteiger partial charge >= 0.3 is 0 Å². The van der Waals surface area contributed by atoms with Gasteiger partial charge in [0.05, 0.1) is 13.1 Å². The van der Waals surface area contributed by atoms with Gasteiger partial charge in [-0.3, -0.25) is 9.69 Å².